The molecule has 1 heterocycles. The molecule has 0 bridgehead atoms. The summed E-state index contributed by atoms with van der Waals surface area (Å²) in [6, 6.07) is 8.58. The van der Waals surface area contributed by atoms with Gasteiger partial charge in [0.2, 0.25) is 0 Å². The molecular formula is C25H30FNO5. The number of rotatable bonds is 5. The fourth-order valence-corrected chi connectivity index (χ4v) is 3.82. The van der Waals surface area contributed by atoms with Crippen molar-refractivity contribution in [3.63, 3.8) is 0 Å². The lowest BCUT2D eigenvalue weighted by molar-refractivity contribution is -0.142. The third kappa shape index (κ3) is 5.39. The van der Waals surface area contributed by atoms with Gasteiger partial charge in [0.1, 0.15) is 17.2 Å². The van der Waals surface area contributed by atoms with Crippen molar-refractivity contribution in [1.82, 2.24) is 4.90 Å². The molecule has 0 spiro atoms. The van der Waals surface area contributed by atoms with Crippen molar-refractivity contribution in [3.8, 4) is 16.9 Å². The second kappa shape index (κ2) is 9.59. The molecule has 2 aromatic rings. The Labute approximate surface area is 188 Å². The highest BCUT2D eigenvalue weighted by molar-refractivity contribution is 5.79. The molecule has 0 atom stereocenters. The van der Waals surface area contributed by atoms with Gasteiger partial charge in [-0.15, -0.1) is 0 Å². The minimum absolute atomic E-state index is 0.123. The first-order valence-corrected chi connectivity index (χ1v) is 10.7. The summed E-state index contributed by atoms with van der Waals surface area (Å²) >= 11 is 0. The Morgan fingerprint density at radius 1 is 1.09 bits per heavy atom. The van der Waals surface area contributed by atoms with E-state index in [0.29, 0.717) is 36.4 Å². The first-order chi connectivity index (χ1) is 15.1. The Bertz CT molecular complexity index is 1010. The van der Waals surface area contributed by atoms with Crippen LogP contribution in [0.4, 0.5) is 9.18 Å². The number of ether oxygens (including phenoxy) is 3. The SMILES string of the molecule is CCOC(=O)Cc1ccc(OC)c(-c2ccc(F)c3c2CN(C(=O)OC(C)(C)C)CC3)c1. The molecule has 2 aromatic carbocycles. The monoisotopic (exact) mass is 443 g/mol. The molecule has 0 N–H and O–H groups in total. The van der Waals surface area contributed by atoms with E-state index in [2.05, 4.69) is 0 Å². The molecule has 1 amide bonds. The number of hydrogen-bond acceptors (Lipinski definition) is 5. The van der Waals surface area contributed by atoms with E-state index in [-0.39, 0.29) is 24.8 Å². The Morgan fingerprint density at radius 2 is 1.84 bits per heavy atom. The van der Waals surface area contributed by atoms with Crippen LogP contribution in [0, 0.1) is 5.82 Å². The van der Waals surface area contributed by atoms with E-state index in [4.69, 9.17) is 14.2 Å². The van der Waals surface area contributed by atoms with Gasteiger partial charge >= 0.3 is 12.1 Å². The molecule has 1 aliphatic rings. The largest absolute Gasteiger partial charge is 0.496 e. The summed E-state index contributed by atoms with van der Waals surface area (Å²) in [5.74, 6) is -0.0177. The quantitative estimate of drug-likeness (QED) is 0.615. The zero-order valence-electron chi connectivity index (χ0n) is 19.3. The molecule has 172 valence electrons. The number of benzene rings is 2. The maximum Gasteiger partial charge on any atom is 0.410 e. The van der Waals surface area contributed by atoms with E-state index in [0.717, 1.165) is 16.7 Å². The number of hydrogen-bond donors (Lipinski definition) is 0. The molecule has 0 fully saturated rings. The number of amides is 1. The van der Waals surface area contributed by atoms with E-state index < -0.39 is 11.7 Å². The highest BCUT2D eigenvalue weighted by atomic mass is 19.1. The van der Waals surface area contributed by atoms with Gasteiger partial charge < -0.3 is 19.1 Å². The van der Waals surface area contributed by atoms with Crippen LogP contribution in [-0.2, 0) is 33.7 Å². The number of esters is 1. The molecule has 6 nitrogen and oxygen atoms in total. The molecular weight excluding hydrogens is 413 g/mol. The fraction of sp³-hybridized carbons (Fsp3) is 0.440. The molecule has 0 unspecified atom stereocenters. The van der Waals surface area contributed by atoms with E-state index in [1.807, 2.05) is 32.9 Å². The molecule has 1 aliphatic heterocycles. The fourth-order valence-electron chi connectivity index (χ4n) is 3.82. The average Bonchev–Trinajstić information content (AvgIpc) is 2.72. The number of nitrogens with zero attached hydrogens (tertiary/aromatic N) is 1. The predicted octanol–water partition coefficient (Wildman–Crippen LogP) is 4.90. The maximum absolute atomic E-state index is 14.7. The van der Waals surface area contributed by atoms with Crippen LogP contribution in [-0.4, -0.2) is 42.8 Å². The maximum atomic E-state index is 14.7. The zero-order valence-corrected chi connectivity index (χ0v) is 19.3. The lowest BCUT2D eigenvalue weighted by atomic mass is 9.89. The van der Waals surface area contributed by atoms with Gasteiger partial charge in [-0.2, -0.15) is 0 Å². The van der Waals surface area contributed by atoms with Crippen LogP contribution in [0.15, 0.2) is 30.3 Å². The normalized spacial score (nSPS) is 13.4. The molecule has 0 saturated carbocycles. The lowest BCUT2D eigenvalue weighted by Crippen LogP contribution is -2.40. The Morgan fingerprint density at radius 3 is 2.50 bits per heavy atom. The van der Waals surface area contributed by atoms with Gasteiger partial charge in [0.15, 0.2) is 0 Å². The summed E-state index contributed by atoms with van der Waals surface area (Å²) in [6.45, 7) is 8.12. The number of carbonyl (C=O) groups is 2. The van der Waals surface area contributed by atoms with Crippen molar-refractivity contribution in [2.75, 3.05) is 20.3 Å². The molecule has 3 rings (SSSR count). The van der Waals surface area contributed by atoms with Crippen LogP contribution in [0.25, 0.3) is 11.1 Å². The van der Waals surface area contributed by atoms with Crippen molar-refractivity contribution in [2.24, 2.45) is 0 Å². The van der Waals surface area contributed by atoms with Crippen molar-refractivity contribution < 1.29 is 28.2 Å². The van der Waals surface area contributed by atoms with Gasteiger partial charge in [-0.1, -0.05) is 12.1 Å². The Kier molecular flexibility index (Phi) is 7.06. The van der Waals surface area contributed by atoms with E-state index in [1.165, 1.54) is 6.07 Å². The molecule has 0 aromatic heterocycles. The minimum atomic E-state index is -0.618. The van der Waals surface area contributed by atoms with Crippen LogP contribution >= 0.6 is 0 Å². The zero-order chi connectivity index (χ0) is 23.5. The van der Waals surface area contributed by atoms with Crippen molar-refractivity contribution in [2.45, 2.75) is 52.7 Å². The highest BCUT2D eigenvalue weighted by Gasteiger charge is 2.29. The van der Waals surface area contributed by atoms with Crippen LogP contribution < -0.4 is 4.74 Å². The van der Waals surface area contributed by atoms with Crippen LogP contribution in [0.3, 0.4) is 0 Å². The van der Waals surface area contributed by atoms with Crippen LogP contribution in [0.5, 0.6) is 5.75 Å². The Hall–Kier alpha value is -3.09. The van der Waals surface area contributed by atoms with Crippen molar-refractivity contribution in [1.29, 1.82) is 0 Å². The number of carbonyl (C=O) groups excluding carboxylic acids is 2. The van der Waals surface area contributed by atoms with Gasteiger partial charge in [0.25, 0.3) is 0 Å². The smallest absolute Gasteiger partial charge is 0.410 e. The predicted molar refractivity (Wildman–Crippen MR) is 119 cm³/mol. The molecule has 0 aliphatic carbocycles. The molecule has 32 heavy (non-hydrogen) atoms. The standard InChI is InChI=1S/C25H30FNO5/c1-6-31-23(28)14-16-7-10-22(30-5)19(13-16)17-8-9-21(26)18-11-12-27(15-20(17)18)24(29)32-25(2,3)4/h7-10,13H,6,11-12,14-15H2,1-5H3. The first kappa shape index (κ1) is 23.6. The number of methoxy groups -OCH3 is 1. The first-order valence-electron chi connectivity index (χ1n) is 10.7. The summed E-state index contributed by atoms with van der Waals surface area (Å²) in [7, 11) is 1.56. The van der Waals surface area contributed by atoms with Gasteiger partial charge in [-0.25, -0.2) is 9.18 Å². The second-order valence-electron chi connectivity index (χ2n) is 8.72. The number of fused-ring (bicyclic) bond motifs is 1. The molecule has 0 radical (unpaired) electrons. The van der Waals surface area contributed by atoms with Crippen molar-refractivity contribution in [3.05, 3.63) is 52.8 Å². The third-order valence-electron chi connectivity index (χ3n) is 5.21. The Balaban J connectivity index is 2.01. The molecule has 7 heteroatoms. The van der Waals surface area contributed by atoms with Crippen LogP contribution in [0.1, 0.15) is 44.4 Å². The minimum Gasteiger partial charge on any atom is -0.496 e. The van der Waals surface area contributed by atoms with E-state index in [9.17, 15) is 14.0 Å². The van der Waals surface area contributed by atoms with Gasteiger partial charge in [-0.05, 0) is 74.6 Å². The summed E-state index contributed by atoms with van der Waals surface area (Å²) in [4.78, 5) is 26.2. The highest BCUT2D eigenvalue weighted by Crippen LogP contribution is 2.38. The van der Waals surface area contributed by atoms with E-state index >= 15 is 0 Å². The summed E-state index contributed by atoms with van der Waals surface area (Å²) in [5.41, 5.74) is 2.94. The topological polar surface area (TPSA) is 65.1 Å². The average molecular weight is 444 g/mol. The van der Waals surface area contributed by atoms with Crippen molar-refractivity contribution >= 4 is 12.1 Å². The lowest BCUT2D eigenvalue weighted by Gasteiger charge is -2.32. The summed E-state index contributed by atoms with van der Waals surface area (Å²) in [6.07, 6.45) is 0.0820. The molecule has 0 saturated heterocycles. The van der Waals surface area contributed by atoms with Gasteiger partial charge in [0, 0.05) is 18.7 Å². The van der Waals surface area contributed by atoms with E-state index in [1.54, 1.807) is 31.1 Å². The second-order valence-corrected chi connectivity index (χ2v) is 8.72. The van der Waals surface area contributed by atoms with Gasteiger partial charge in [-0.3, -0.25) is 4.79 Å². The van der Waals surface area contributed by atoms with Crippen LogP contribution in [0.2, 0.25) is 0 Å². The third-order valence-corrected chi connectivity index (χ3v) is 5.21. The summed E-state index contributed by atoms with van der Waals surface area (Å²) < 4.78 is 30.8. The summed E-state index contributed by atoms with van der Waals surface area (Å²) in [5, 5.41) is 0. The number of halogens is 1. The van der Waals surface area contributed by atoms with Gasteiger partial charge in [0.05, 0.1) is 20.1 Å².